The summed E-state index contributed by atoms with van der Waals surface area (Å²) in [5.74, 6) is -2.00. The molecule has 0 bridgehead atoms. The molecule has 0 spiro atoms. The van der Waals surface area contributed by atoms with Crippen LogP contribution in [0, 0.1) is 15.9 Å². The summed E-state index contributed by atoms with van der Waals surface area (Å²) in [4.78, 5) is 23.0. The highest BCUT2D eigenvalue weighted by Crippen LogP contribution is 2.31. The van der Waals surface area contributed by atoms with E-state index in [1.165, 1.54) is 0 Å². The number of hydrogen-bond acceptors (Lipinski definition) is 5. The molecule has 104 valence electrons. The fourth-order valence-corrected chi connectivity index (χ4v) is 2.46. The van der Waals surface area contributed by atoms with E-state index in [9.17, 15) is 19.3 Å². The Hall–Kier alpha value is -1.67. The van der Waals surface area contributed by atoms with Gasteiger partial charge in [0.2, 0.25) is 0 Å². The Balaban J connectivity index is 3.07. The molecule has 0 fully saturated rings. The minimum absolute atomic E-state index is 0.158. The quantitative estimate of drug-likeness (QED) is 0.490. The molecule has 19 heavy (non-hydrogen) atoms. The maximum atomic E-state index is 13.4. The Bertz CT molecular complexity index is 508. The molecule has 0 aliphatic heterocycles. The lowest BCUT2D eigenvalue weighted by Crippen LogP contribution is -2.15. The second-order valence-electron chi connectivity index (χ2n) is 4.01. The predicted octanol–water partition coefficient (Wildman–Crippen LogP) is 2.09. The Kier molecular flexibility index (Phi) is 5.25. The third-order valence-corrected chi connectivity index (χ3v) is 3.30. The average molecular weight is 288 g/mol. The summed E-state index contributed by atoms with van der Waals surface area (Å²) in [5.41, 5.74) is -0.968. The SMILES string of the molecule is CN(C)CCSc1cc(C(=O)O)c(F)cc1[N+](=O)[O-]. The Labute approximate surface area is 113 Å². The first-order chi connectivity index (χ1) is 8.82. The molecule has 1 aromatic rings. The highest BCUT2D eigenvalue weighted by Gasteiger charge is 2.21. The normalized spacial score (nSPS) is 10.7. The van der Waals surface area contributed by atoms with Crippen molar-refractivity contribution in [1.29, 1.82) is 0 Å². The van der Waals surface area contributed by atoms with Gasteiger partial charge in [-0.2, -0.15) is 0 Å². The zero-order valence-corrected chi connectivity index (χ0v) is 11.2. The standard InChI is InChI=1S/C11H13FN2O4S/c1-13(2)3-4-19-10-5-7(11(15)16)8(12)6-9(10)14(17)18/h5-6H,3-4H2,1-2H3,(H,15,16). The second-order valence-corrected chi connectivity index (χ2v) is 5.15. The number of carbonyl (C=O) groups is 1. The molecule has 0 aliphatic carbocycles. The number of benzene rings is 1. The third kappa shape index (κ3) is 4.18. The van der Waals surface area contributed by atoms with E-state index in [-0.39, 0.29) is 4.90 Å². The molecule has 6 nitrogen and oxygen atoms in total. The Morgan fingerprint density at radius 2 is 2.16 bits per heavy atom. The van der Waals surface area contributed by atoms with Crippen molar-refractivity contribution in [2.75, 3.05) is 26.4 Å². The number of carboxylic acids is 1. The number of nitro groups is 1. The lowest BCUT2D eigenvalue weighted by Gasteiger charge is -2.09. The number of thioether (sulfide) groups is 1. The fourth-order valence-electron chi connectivity index (χ4n) is 1.30. The molecule has 0 saturated heterocycles. The van der Waals surface area contributed by atoms with Crippen LogP contribution in [-0.4, -0.2) is 47.3 Å². The van der Waals surface area contributed by atoms with E-state index in [4.69, 9.17) is 5.11 Å². The van der Waals surface area contributed by atoms with Gasteiger partial charge in [0.15, 0.2) is 0 Å². The molecular weight excluding hydrogens is 275 g/mol. The van der Waals surface area contributed by atoms with E-state index in [2.05, 4.69) is 0 Å². The largest absolute Gasteiger partial charge is 0.478 e. The highest BCUT2D eigenvalue weighted by atomic mass is 32.2. The van der Waals surface area contributed by atoms with E-state index >= 15 is 0 Å². The first kappa shape index (κ1) is 15.4. The molecule has 0 atom stereocenters. The van der Waals surface area contributed by atoms with Gasteiger partial charge in [0.1, 0.15) is 5.82 Å². The fraction of sp³-hybridized carbons (Fsp3) is 0.364. The van der Waals surface area contributed by atoms with Crippen LogP contribution < -0.4 is 0 Å². The highest BCUT2D eigenvalue weighted by molar-refractivity contribution is 7.99. The van der Waals surface area contributed by atoms with E-state index in [0.29, 0.717) is 18.4 Å². The number of carboxylic acid groups (broad SMARTS) is 1. The van der Waals surface area contributed by atoms with Crippen LogP contribution in [0.3, 0.4) is 0 Å². The molecule has 1 N–H and O–H groups in total. The average Bonchev–Trinajstić information content (AvgIpc) is 2.29. The lowest BCUT2D eigenvalue weighted by molar-refractivity contribution is -0.387. The van der Waals surface area contributed by atoms with Crippen molar-refractivity contribution in [3.05, 3.63) is 33.6 Å². The number of halogens is 1. The van der Waals surface area contributed by atoms with Gasteiger partial charge in [-0.1, -0.05) is 0 Å². The maximum absolute atomic E-state index is 13.4. The van der Waals surface area contributed by atoms with Crippen molar-refractivity contribution in [3.63, 3.8) is 0 Å². The van der Waals surface area contributed by atoms with E-state index < -0.39 is 28.0 Å². The van der Waals surface area contributed by atoms with Gasteiger partial charge in [0.05, 0.1) is 21.4 Å². The number of hydrogen-bond donors (Lipinski definition) is 1. The van der Waals surface area contributed by atoms with Gasteiger partial charge in [0, 0.05) is 12.3 Å². The summed E-state index contributed by atoms with van der Waals surface area (Å²) in [6, 6.07) is 1.66. The number of nitrogens with zero attached hydrogens (tertiary/aromatic N) is 2. The summed E-state index contributed by atoms with van der Waals surface area (Å²) in [5, 5.41) is 19.6. The summed E-state index contributed by atoms with van der Waals surface area (Å²) in [6.07, 6.45) is 0. The Morgan fingerprint density at radius 1 is 1.53 bits per heavy atom. The monoisotopic (exact) mass is 288 g/mol. The summed E-state index contributed by atoms with van der Waals surface area (Å²) >= 11 is 1.13. The van der Waals surface area contributed by atoms with Crippen LogP contribution in [0.15, 0.2) is 17.0 Å². The van der Waals surface area contributed by atoms with Crippen molar-refractivity contribution in [3.8, 4) is 0 Å². The third-order valence-electron chi connectivity index (χ3n) is 2.27. The van der Waals surface area contributed by atoms with Crippen molar-refractivity contribution in [2.24, 2.45) is 0 Å². The van der Waals surface area contributed by atoms with Gasteiger partial charge in [-0.15, -0.1) is 11.8 Å². The molecule has 0 heterocycles. The van der Waals surface area contributed by atoms with Gasteiger partial charge in [-0.05, 0) is 20.2 Å². The van der Waals surface area contributed by atoms with Gasteiger partial charge >= 0.3 is 5.97 Å². The zero-order valence-electron chi connectivity index (χ0n) is 10.4. The van der Waals surface area contributed by atoms with Crippen molar-refractivity contribution in [2.45, 2.75) is 4.90 Å². The molecule has 8 heteroatoms. The van der Waals surface area contributed by atoms with E-state index in [1.807, 2.05) is 19.0 Å². The minimum atomic E-state index is -1.44. The molecule has 0 aromatic heterocycles. The van der Waals surface area contributed by atoms with Crippen LogP contribution in [0.4, 0.5) is 10.1 Å². The second kappa shape index (κ2) is 6.48. The van der Waals surface area contributed by atoms with Crippen LogP contribution >= 0.6 is 11.8 Å². The molecule has 1 aromatic carbocycles. The smallest absolute Gasteiger partial charge is 0.338 e. The van der Waals surface area contributed by atoms with Crippen LogP contribution in [0.2, 0.25) is 0 Å². The van der Waals surface area contributed by atoms with Crippen LogP contribution in [0.1, 0.15) is 10.4 Å². The first-order valence-electron chi connectivity index (χ1n) is 5.31. The van der Waals surface area contributed by atoms with Crippen LogP contribution in [-0.2, 0) is 0 Å². The van der Waals surface area contributed by atoms with Crippen molar-refractivity contribution < 1.29 is 19.2 Å². The van der Waals surface area contributed by atoms with Gasteiger partial charge in [-0.25, -0.2) is 9.18 Å². The molecule has 0 unspecified atom stereocenters. The number of nitro benzene ring substituents is 1. The Morgan fingerprint density at radius 3 is 2.63 bits per heavy atom. The van der Waals surface area contributed by atoms with Crippen molar-refractivity contribution >= 4 is 23.4 Å². The van der Waals surface area contributed by atoms with Gasteiger partial charge in [-0.3, -0.25) is 10.1 Å². The minimum Gasteiger partial charge on any atom is -0.478 e. The predicted molar refractivity (Wildman–Crippen MR) is 69.3 cm³/mol. The van der Waals surface area contributed by atoms with Gasteiger partial charge < -0.3 is 10.0 Å². The molecule has 0 radical (unpaired) electrons. The molecule has 0 saturated carbocycles. The van der Waals surface area contributed by atoms with E-state index in [0.717, 1.165) is 17.8 Å². The molecular formula is C11H13FN2O4S. The molecule has 1 rings (SSSR count). The topological polar surface area (TPSA) is 83.7 Å². The first-order valence-corrected chi connectivity index (χ1v) is 6.30. The van der Waals surface area contributed by atoms with Crippen LogP contribution in [0.5, 0.6) is 0 Å². The van der Waals surface area contributed by atoms with E-state index in [1.54, 1.807) is 0 Å². The van der Waals surface area contributed by atoms with Crippen molar-refractivity contribution in [1.82, 2.24) is 4.90 Å². The lowest BCUT2D eigenvalue weighted by atomic mass is 10.2. The van der Waals surface area contributed by atoms with Gasteiger partial charge in [0.25, 0.3) is 5.69 Å². The number of rotatable bonds is 6. The summed E-state index contributed by atoms with van der Waals surface area (Å²) in [6.45, 7) is 0.668. The maximum Gasteiger partial charge on any atom is 0.338 e. The zero-order chi connectivity index (χ0) is 14.6. The summed E-state index contributed by atoms with van der Waals surface area (Å²) < 4.78 is 13.4. The van der Waals surface area contributed by atoms with Crippen LogP contribution in [0.25, 0.3) is 0 Å². The molecule has 0 aliphatic rings. The summed E-state index contributed by atoms with van der Waals surface area (Å²) in [7, 11) is 3.70. The molecule has 0 amide bonds. The number of aromatic carboxylic acids is 1.